The molecular formula is C11H15NS. The number of hydrogen-bond acceptors (Lipinski definition) is 1. The molecule has 70 valence electrons. The summed E-state index contributed by atoms with van der Waals surface area (Å²) in [5.74, 6) is 4.09. The summed E-state index contributed by atoms with van der Waals surface area (Å²) < 4.78 is 8.25. The van der Waals surface area contributed by atoms with E-state index in [0.29, 0.717) is 5.25 Å². The molecule has 0 saturated heterocycles. The van der Waals surface area contributed by atoms with E-state index in [1.807, 2.05) is 6.07 Å². The van der Waals surface area contributed by atoms with Crippen molar-refractivity contribution in [2.24, 2.45) is 0 Å². The van der Waals surface area contributed by atoms with Crippen LogP contribution >= 0.6 is 0 Å². The first-order chi connectivity index (χ1) is 6.10. The summed E-state index contributed by atoms with van der Waals surface area (Å²) in [6.45, 7) is 2.08. The number of hydrogen-bond donors (Lipinski definition) is 1. The van der Waals surface area contributed by atoms with E-state index in [4.69, 9.17) is 4.78 Å². The van der Waals surface area contributed by atoms with Crippen LogP contribution in [0.25, 0.3) is 0 Å². The van der Waals surface area contributed by atoms with Gasteiger partial charge in [-0.15, -0.1) is 9.41 Å². The molecule has 0 heterocycles. The van der Waals surface area contributed by atoms with E-state index in [0.717, 1.165) is 4.90 Å². The SMILES string of the molecule is C=S(=N)(c1cccc(C)c1)C1CC1. The average molecular weight is 193 g/mol. The molecule has 0 spiro atoms. The second-order valence-electron chi connectivity index (χ2n) is 3.81. The van der Waals surface area contributed by atoms with Crippen molar-refractivity contribution in [3.63, 3.8) is 0 Å². The smallest absolute Gasteiger partial charge is 0.0135 e. The maximum Gasteiger partial charge on any atom is 0.0135 e. The molecule has 1 saturated carbocycles. The van der Waals surface area contributed by atoms with Gasteiger partial charge in [0.25, 0.3) is 0 Å². The fraction of sp³-hybridized carbons (Fsp3) is 0.364. The first-order valence-electron chi connectivity index (χ1n) is 4.57. The summed E-state index contributed by atoms with van der Waals surface area (Å²) >= 11 is 0. The largest absolute Gasteiger partial charge is 0.282 e. The van der Waals surface area contributed by atoms with Gasteiger partial charge in [-0.1, -0.05) is 23.6 Å². The van der Waals surface area contributed by atoms with Crippen LogP contribution in [0.5, 0.6) is 0 Å². The first-order valence-corrected chi connectivity index (χ1v) is 6.44. The third-order valence-corrected chi connectivity index (χ3v) is 5.21. The van der Waals surface area contributed by atoms with Crippen molar-refractivity contribution in [1.82, 2.24) is 0 Å². The Morgan fingerprint density at radius 3 is 2.69 bits per heavy atom. The molecule has 2 heteroatoms. The highest BCUT2D eigenvalue weighted by Crippen LogP contribution is 2.34. The molecule has 1 aromatic rings. The molecule has 1 nitrogen and oxygen atoms in total. The van der Waals surface area contributed by atoms with E-state index in [1.54, 1.807) is 0 Å². The van der Waals surface area contributed by atoms with E-state index < -0.39 is 9.41 Å². The van der Waals surface area contributed by atoms with Crippen LogP contribution < -0.4 is 0 Å². The second-order valence-corrected chi connectivity index (χ2v) is 6.53. The van der Waals surface area contributed by atoms with Crippen molar-refractivity contribution in [1.29, 1.82) is 4.78 Å². The molecular weight excluding hydrogens is 178 g/mol. The van der Waals surface area contributed by atoms with E-state index >= 15 is 0 Å². The molecule has 1 N–H and O–H groups in total. The minimum atomic E-state index is -1.49. The van der Waals surface area contributed by atoms with Gasteiger partial charge in [-0.2, -0.15) is 0 Å². The summed E-state index contributed by atoms with van der Waals surface area (Å²) in [4.78, 5) is 1.15. The molecule has 13 heavy (non-hydrogen) atoms. The minimum Gasteiger partial charge on any atom is -0.282 e. The minimum absolute atomic E-state index is 0.564. The van der Waals surface area contributed by atoms with Crippen LogP contribution in [0.15, 0.2) is 29.2 Å². The van der Waals surface area contributed by atoms with Crippen molar-refractivity contribution in [3.05, 3.63) is 29.8 Å². The molecule has 1 unspecified atom stereocenters. The van der Waals surface area contributed by atoms with Gasteiger partial charge in [0.05, 0.1) is 0 Å². The maximum absolute atomic E-state index is 8.25. The monoisotopic (exact) mass is 193 g/mol. The molecule has 1 atom stereocenters. The fourth-order valence-electron chi connectivity index (χ4n) is 1.50. The molecule has 1 aliphatic carbocycles. The van der Waals surface area contributed by atoms with Gasteiger partial charge in [-0.25, -0.2) is 0 Å². The van der Waals surface area contributed by atoms with Crippen LogP contribution in [-0.4, -0.2) is 11.1 Å². The lowest BCUT2D eigenvalue weighted by molar-refractivity contribution is 1.31. The predicted molar refractivity (Wildman–Crippen MR) is 59.7 cm³/mol. The Morgan fingerprint density at radius 1 is 1.46 bits per heavy atom. The van der Waals surface area contributed by atoms with Crippen molar-refractivity contribution < 1.29 is 0 Å². The van der Waals surface area contributed by atoms with Gasteiger partial charge in [-0.05, 0) is 31.9 Å². The summed E-state index contributed by atoms with van der Waals surface area (Å²) in [6.07, 6.45) is 2.41. The van der Waals surface area contributed by atoms with E-state index in [2.05, 4.69) is 31.0 Å². The number of benzene rings is 1. The molecule has 0 amide bonds. The lowest BCUT2D eigenvalue weighted by Crippen LogP contribution is -2.04. The Kier molecular flexibility index (Phi) is 1.95. The Balaban J connectivity index is 2.45. The quantitative estimate of drug-likeness (QED) is 0.698. The van der Waals surface area contributed by atoms with Gasteiger partial charge in [0.15, 0.2) is 0 Å². The predicted octanol–water partition coefficient (Wildman–Crippen LogP) is 2.86. The highest BCUT2D eigenvalue weighted by molar-refractivity contribution is 8.02. The van der Waals surface area contributed by atoms with Crippen LogP contribution in [0.4, 0.5) is 0 Å². The molecule has 1 fully saturated rings. The summed E-state index contributed by atoms with van der Waals surface area (Å²) in [7, 11) is -1.49. The zero-order chi connectivity index (χ0) is 9.47. The zero-order valence-corrected chi connectivity index (χ0v) is 8.73. The topological polar surface area (TPSA) is 23.9 Å². The first kappa shape index (κ1) is 8.82. The lowest BCUT2D eigenvalue weighted by atomic mass is 10.2. The van der Waals surface area contributed by atoms with E-state index in [1.165, 1.54) is 18.4 Å². The third-order valence-electron chi connectivity index (χ3n) is 2.50. The Morgan fingerprint density at radius 2 is 2.15 bits per heavy atom. The van der Waals surface area contributed by atoms with Crippen LogP contribution in [0.2, 0.25) is 0 Å². The maximum atomic E-state index is 8.25. The molecule has 1 aliphatic rings. The Hall–Kier alpha value is -0.760. The van der Waals surface area contributed by atoms with E-state index in [9.17, 15) is 0 Å². The lowest BCUT2D eigenvalue weighted by Gasteiger charge is -2.11. The van der Waals surface area contributed by atoms with Crippen molar-refractivity contribution in [2.75, 3.05) is 0 Å². The van der Waals surface area contributed by atoms with Crippen LogP contribution in [-0.2, 0) is 9.41 Å². The third kappa shape index (κ3) is 1.63. The highest BCUT2D eigenvalue weighted by atomic mass is 32.2. The molecule has 2 rings (SSSR count). The number of aryl methyl sites for hydroxylation is 1. The summed E-state index contributed by atoms with van der Waals surface area (Å²) in [5.41, 5.74) is 1.24. The molecule has 0 bridgehead atoms. The van der Waals surface area contributed by atoms with Gasteiger partial charge >= 0.3 is 0 Å². The molecule has 0 aliphatic heterocycles. The Labute approximate surface area is 80.2 Å². The van der Waals surface area contributed by atoms with Crippen LogP contribution in [0, 0.1) is 11.7 Å². The van der Waals surface area contributed by atoms with Gasteiger partial charge in [0.1, 0.15) is 0 Å². The van der Waals surface area contributed by atoms with Gasteiger partial charge in [-0.3, -0.25) is 4.78 Å². The van der Waals surface area contributed by atoms with Crippen LogP contribution in [0.3, 0.4) is 0 Å². The van der Waals surface area contributed by atoms with Crippen molar-refractivity contribution >= 4 is 15.3 Å². The van der Waals surface area contributed by atoms with Crippen molar-refractivity contribution in [2.45, 2.75) is 29.9 Å². The molecule has 0 aromatic heterocycles. The number of rotatable bonds is 2. The summed E-state index contributed by atoms with van der Waals surface area (Å²) in [5, 5.41) is 0.564. The van der Waals surface area contributed by atoms with E-state index in [-0.39, 0.29) is 0 Å². The van der Waals surface area contributed by atoms with Gasteiger partial charge in [0.2, 0.25) is 0 Å². The average Bonchev–Trinajstić information content (AvgIpc) is 2.86. The molecule has 0 radical (unpaired) electrons. The van der Waals surface area contributed by atoms with Gasteiger partial charge < -0.3 is 0 Å². The standard InChI is InChI=1S/C11H15NS/c1-9-4-3-5-11(8-9)13(2,12)10-6-7-10/h3-5,8,10,12H,2,6-7H2,1H3. The second kappa shape index (κ2) is 2.88. The normalized spacial score (nSPS) is 21.0. The van der Waals surface area contributed by atoms with Crippen molar-refractivity contribution in [3.8, 4) is 0 Å². The Bertz CT molecular complexity index is 413. The highest BCUT2D eigenvalue weighted by Gasteiger charge is 2.28. The summed E-state index contributed by atoms with van der Waals surface area (Å²) in [6, 6.07) is 8.29. The fourth-order valence-corrected chi connectivity index (χ4v) is 3.55. The van der Waals surface area contributed by atoms with Crippen LogP contribution in [0.1, 0.15) is 18.4 Å². The van der Waals surface area contributed by atoms with Gasteiger partial charge in [0, 0.05) is 10.1 Å². The molecule has 1 aromatic carbocycles. The zero-order valence-electron chi connectivity index (χ0n) is 7.92. The number of nitrogens with one attached hydrogen (secondary N) is 1.